The number of carbonyl (C=O) groups excluding carboxylic acids is 1. The lowest BCUT2D eigenvalue weighted by Gasteiger charge is -2.33. The summed E-state index contributed by atoms with van der Waals surface area (Å²) < 4.78 is 5.41. The first-order valence-electron chi connectivity index (χ1n) is 13.3. The van der Waals surface area contributed by atoms with Crippen LogP contribution in [0.25, 0.3) is 11.1 Å². The Morgan fingerprint density at radius 3 is 2.64 bits per heavy atom. The maximum atomic E-state index is 13.2. The van der Waals surface area contributed by atoms with Crippen molar-refractivity contribution in [3.8, 4) is 16.9 Å². The van der Waals surface area contributed by atoms with Crippen LogP contribution in [-0.4, -0.2) is 42.5 Å². The number of hydrogen-bond acceptors (Lipinski definition) is 5. The minimum Gasteiger partial charge on any atom is -0.497 e. The number of likely N-dealkylation sites (tertiary alicyclic amines) is 1. The topological polar surface area (TPSA) is 54.5 Å². The van der Waals surface area contributed by atoms with E-state index in [1.54, 1.807) is 18.4 Å². The second-order valence-electron chi connectivity index (χ2n) is 9.79. The number of benzene rings is 2. The predicted molar refractivity (Wildman–Crippen MR) is 150 cm³/mol. The van der Waals surface area contributed by atoms with Gasteiger partial charge in [-0.2, -0.15) is 0 Å². The van der Waals surface area contributed by atoms with Crippen LogP contribution in [0.15, 0.2) is 53.9 Å². The van der Waals surface area contributed by atoms with E-state index in [1.165, 1.54) is 32.2 Å². The molecule has 192 valence electrons. The average molecular weight is 506 g/mol. The van der Waals surface area contributed by atoms with Gasteiger partial charge in [0.1, 0.15) is 11.4 Å². The summed E-state index contributed by atoms with van der Waals surface area (Å²) in [5.41, 5.74) is 3.21. The lowest BCUT2D eigenvalue weighted by atomic mass is 9.94. The minimum atomic E-state index is -0.179. The highest BCUT2D eigenvalue weighted by atomic mass is 32.1. The maximum absolute atomic E-state index is 13.2. The summed E-state index contributed by atoms with van der Waals surface area (Å²) in [6, 6.07) is 15.8. The Morgan fingerprint density at radius 2 is 1.94 bits per heavy atom. The molecule has 1 aliphatic heterocycles. The van der Waals surface area contributed by atoms with Gasteiger partial charge in [-0.1, -0.05) is 63.4 Å². The standard InChI is InChI=1S/C30H39N3O2S/c1-4-6-10-22(5-2)20-33-17-15-24(16-18-33)30-32-28(21-36-30)29(34)31-27-19-25(35-3)13-14-26(27)23-11-8-7-9-12-23/h7-9,11-14,19,21-22,24H,4-6,10,15-18,20H2,1-3H3,(H,31,34). The number of hydrogen-bond donors (Lipinski definition) is 1. The average Bonchev–Trinajstić information content (AvgIpc) is 3.42. The molecule has 36 heavy (non-hydrogen) atoms. The number of ether oxygens (including phenoxy) is 1. The Bertz CT molecular complexity index is 1110. The molecule has 1 saturated heterocycles. The van der Waals surface area contributed by atoms with Gasteiger partial charge < -0.3 is 15.0 Å². The fourth-order valence-corrected chi connectivity index (χ4v) is 6.01. The van der Waals surface area contributed by atoms with Gasteiger partial charge in [-0.25, -0.2) is 4.98 Å². The molecule has 1 aliphatic rings. The molecule has 6 heteroatoms. The highest BCUT2D eigenvalue weighted by Gasteiger charge is 2.25. The van der Waals surface area contributed by atoms with Crippen LogP contribution in [0.4, 0.5) is 5.69 Å². The number of nitrogens with zero attached hydrogens (tertiary/aromatic N) is 2. The van der Waals surface area contributed by atoms with Crippen LogP contribution >= 0.6 is 11.3 Å². The number of aromatic nitrogens is 1. The van der Waals surface area contributed by atoms with Crippen molar-refractivity contribution < 1.29 is 9.53 Å². The van der Waals surface area contributed by atoms with Crippen molar-refractivity contribution in [3.63, 3.8) is 0 Å². The van der Waals surface area contributed by atoms with Crippen LogP contribution in [0, 0.1) is 5.92 Å². The summed E-state index contributed by atoms with van der Waals surface area (Å²) >= 11 is 1.62. The number of nitrogens with one attached hydrogen (secondary N) is 1. The molecule has 2 aromatic carbocycles. The van der Waals surface area contributed by atoms with E-state index >= 15 is 0 Å². The molecule has 1 N–H and O–H groups in total. The largest absolute Gasteiger partial charge is 0.497 e. The highest BCUT2D eigenvalue weighted by Crippen LogP contribution is 2.33. The zero-order chi connectivity index (χ0) is 25.3. The molecule has 1 atom stereocenters. The Morgan fingerprint density at radius 1 is 1.17 bits per heavy atom. The Balaban J connectivity index is 1.39. The van der Waals surface area contributed by atoms with E-state index in [9.17, 15) is 4.79 Å². The van der Waals surface area contributed by atoms with Crippen molar-refractivity contribution in [2.45, 2.75) is 58.3 Å². The van der Waals surface area contributed by atoms with E-state index in [0.29, 0.717) is 17.4 Å². The maximum Gasteiger partial charge on any atom is 0.275 e. The van der Waals surface area contributed by atoms with E-state index in [-0.39, 0.29) is 5.91 Å². The summed E-state index contributed by atoms with van der Waals surface area (Å²) in [6.45, 7) is 8.07. The number of amides is 1. The molecule has 4 rings (SSSR count). The summed E-state index contributed by atoms with van der Waals surface area (Å²) in [5.74, 6) is 1.78. The summed E-state index contributed by atoms with van der Waals surface area (Å²) in [6.07, 6.45) is 7.46. The van der Waals surface area contributed by atoms with Gasteiger partial charge in [-0.15, -0.1) is 11.3 Å². The fourth-order valence-electron chi connectivity index (χ4n) is 5.03. The monoisotopic (exact) mass is 505 g/mol. The lowest BCUT2D eigenvalue weighted by Crippen LogP contribution is -2.36. The van der Waals surface area contributed by atoms with Gasteiger partial charge in [0, 0.05) is 29.5 Å². The van der Waals surface area contributed by atoms with Gasteiger partial charge >= 0.3 is 0 Å². The summed E-state index contributed by atoms with van der Waals surface area (Å²) in [5, 5.41) is 6.07. The first-order chi connectivity index (χ1) is 17.6. The molecule has 1 aromatic heterocycles. The van der Waals surface area contributed by atoms with Crippen LogP contribution < -0.4 is 10.1 Å². The Labute approximate surface area is 219 Å². The van der Waals surface area contributed by atoms with E-state index in [4.69, 9.17) is 9.72 Å². The third-order valence-electron chi connectivity index (χ3n) is 7.31. The van der Waals surface area contributed by atoms with Crippen molar-refractivity contribution in [3.05, 3.63) is 64.6 Å². The fraction of sp³-hybridized carbons (Fsp3) is 0.467. The normalized spacial score (nSPS) is 15.5. The van der Waals surface area contributed by atoms with Crippen molar-refractivity contribution >= 4 is 22.9 Å². The van der Waals surface area contributed by atoms with Crippen LogP contribution in [0.3, 0.4) is 0 Å². The first-order valence-corrected chi connectivity index (χ1v) is 14.2. The second-order valence-corrected chi connectivity index (χ2v) is 10.7. The van der Waals surface area contributed by atoms with Crippen molar-refractivity contribution in [2.24, 2.45) is 5.92 Å². The number of rotatable bonds is 11. The van der Waals surface area contributed by atoms with E-state index < -0.39 is 0 Å². The van der Waals surface area contributed by atoms with Gasteiger partial charge in [0.15, 0.2) is 0 Å². The molecule has 0 radical (unpaired) electrons. The minimum absolute atomic E-state index is 0.179. The number of thiazole rings is 1. The quantitative estimate of drug-likeness (QED) is 0.294. The molecule has 3 aromatic rings. The van der Waals surface area contributed by atoms with Crippen LogP contribution in [0.2, 0.25) is 0 Å². The first kappa shape index (κ1) is 26.4. The molecule has 1 unspecified atom stereocenters. The molecule has 0 saturated carbocycles. The third-order valence-corrected chi connectivity index (χ3v) is 8.32. The van der Waals surface area contributed by atoms with Crippen molar-refractivity contribution in [2.75, 3.05) is 32.1 Å². The highest BCUT2D eigenvalue weighted by molar-refractivity contribution is 7.10. The third kappa shape index (κ3) is 6.74. The molecule has 1 amide bonds. The molecular weight excluding hydrogens is 466 g/mol. The van der Waals surface area contributed by atoms with Crippen LogP contribution in [-0.2, 0) is 0 Å². The summed E-state index contributed by atoms with van der Waals surface area (Å²) in [7, 11) is 1.63. The van der Waals surface area contributed by atoms with Gasteiger partial charge in [0.2, 0.25) is 0 Å². The van der Waals surface area contributed by atoms with Crippen LogP contribution in [0.5, 0.6) is 5.75 Å². The van der Waals surface area contributed by atoms with Crippen molar-refractivity contribution in [1.82, 2.24) is 9.88 Å². The molecule has 2 heterocycles. The molecule has 0 bridgehead atoms. The molecule has 0 spiro atoms. The summed E-state index contributed by atoms with van der Waals surface area (Å²) in [4.78, 5) is 20.6. The van der Waals surface area contributed by atoms with Gasteiger partial charge in [0.25, 0.3) is 5.91 Å². The van der Waals surface area contributed by atoms with E-state index in [2.05, 4.69) is 24.1 Å². The lowest BCUT2D eigenvalue weighted by molar-refractivity contribution is 0.102. The van der Waals surface area contributed by atoms with Crippen molar-refractivity contribution in [1.29, 1.82) is 0 Å². The number of piperidine rings is 1. The molecule has 1 fully saturated rings. The number of carbonyl (C=O) groups is 1. The van der Waals surface area contributed by atoms with Crippen LogP contribution in [0.1, 0.15) is 73.8 Å². The van der Waals surface area contributed by atoms with E-state index in [1.807, 2.05) is 53.9 Å². The van der Waals surface area contributed by atoms with Gasteiger partial charge in [0.05, 0.1) is 17.8 Å². The van der Waals surface area contributed by atoms with Gasteiger partial charge in [-0.3, -0.25) is 4.79 Å². The number of methoxy groups -OCH3 is 1. The molecule has 5 nitrogen and oxygen atoms in total. The number of anilines is 1. The van der Waals surface area contributed by atoms with E-state index in [0.717, 1.165) is 53.7 Å². The Hall–Kier alpha value is -2.70. The predicted octanol–water partition coefficient (Wildman–Crippen LogP) is 7.47. The zero-order valence-electron chi connectivity index (χ0n) is 21.8. The Kier molecular flexibility index (Phi) is 9.54. The second kappa shape index (κ2) is 13.0. The smallest absolute Gasteiger partial charge is 0.275 e. The zero-order valence-corrected chi connectivity index (χ0v) is 22.7. The SMILES string of the molecule is CCCCC(CC)CN1CCC(c2nc(C(=O)Nc3cc(OC)ccc3-c3ccccc3)cs2)CC1. The number of unbranched alkanes of at least 4 members (excludes halogenated alkanes) is 1. The molecule has 0 aliphatic carbocycles. The van der Waals surface area contributed by atoms with Gasteiger partial charge in [-0.05, 0) is 56.0 Å². The molecular formula is C30H39N3O2S.